The summed E-state index contributed by atoms with van der Waals surface area (Å²) in [7, 11) is 0. The monoisotopic (exact) mass is 454 g/mol. The molecule has 3 aromatic carbocycles. The number of nitrogens with zero attached hydrogens (tertiary/aromatic N) is 1. The average Bonchev–Trinajstić information content (AvgIpc) is 2.82. The summed E-state index contributed by atoms with van der Waals surface area (Å²) in [5, 5.41) is 9.78. The third-order valence-electron chi connectivity index (χ3n) is 5.63. The van der Waals surface area contributed by atoms with Gasteiger partial charge < -0.3 is 19.9 Å². The standard InChI is InChI=1S/C28H26N2O4/c1-28(2,3)19-11-9-18(10-12-19)26-22-14-13-21(15-24(22)34-27(30)23(26)16-29)33-25(31)17-32-20-7-5-4-6-8-20/h4-15,26H,17,30H2,1-3H3. The first-order chi connectivity index (χ1) is 16.3. The van der Waals surface area contributed by atoms with Crippen molar-refractivity contribution in [2.24, 2.45) is 5.73 Å². The number of esters is 1. The van der Waals surface area contributed by atoms with Crippen molar-refractivity contribution in [3.05, 3.63) is 101 Å². The molecule has 0 aliphatic carbocycles. The van der Waals surface area contributed by atoms with Crippen molar-refractivity contribution in [1.29, 1.82) is 5.26 Å². The van der Waals surface area contributed by atoms with E-state index in [0.29, 0.717) is 22.8 Å². The fraction of sp³-hybridized carbons (Fsp3) is 0.214. The number of carbonyl (C=O) groups is 1. The minimum atomic E-state index is -0.546. The van der Waals surface area contributed by atoms with Crippen molar-refractivity contribution in [3.63, 3.8) is 0 Å². The molecule has 0 amide bonds. The van der Waals surface area contributed by atoms with E-state index in [9.17, 15) is 10.1 Å². The number of benzene rings is 3. The van der Waals surface area contributed by atoms with Gasteiger partial charge in [-0.05, 0) is 34.7 Å². The van der Waals surface area contributed by atoms with Crippen molar-refractivity contribution in [2.75, 3.05) is 6.61 Å². The molecule has 6 nitrogen and oxygen atoms in total. The first kappa shape index (κ1) is 22.9. The van der Waals surface area contributed by atoms with Crippen molar-refractivity contribution in [2.45, 2.75) is 32.1 Å². The van der Waals surface area contributed by atoms with E-state index >= 15 is 0 Å². The summed E-state index contributed by atoms with van der Waals surface area (Å²) in [6.45, 7) is 6.22. The lowest BCUT2D eigenvalue weighted by Crippen LogP contribution is -2.22. The highest BCUT2D eigenvalue weighted by Gasteiger charge is 2.31. The largest absolute Gasteiger partial charge is 0.482 e. The average molecular weight is 455 g/mol. The van der Waals surface area contributed by atoms with Gasteiger partial charge in [-0.25, -0.2) is 4.79 Å². The van der Waals surface area contributed by atoms with Crippen LogP contribution in [0.5, 0.6) is 17.2 Å². The zero-order chi connectivity index (χ0) is 24.3. The normalized spacial score (nSPS) is 15.1. The molecule has 3 aromatic rings. The zero-order valence-electron chi connectivity index (χ0n) is 19.4. The van der Waals surface area contributed by atoms with Crippen LogP contribution in [0, 0.1) is 11.3 Å². The van der Waals surface area contributed by atoms with Crippen molar-refractivity contribution < 1.29 is 19.0 Å². The number of fused-ring (bicyclic) bond motifs is 1. The van der Waals surface area contributed by atoms with E-state index < -0.39 is 5.97 Å². The third kappa shape index (κ3) is 4.89. The van der Waals surface area contributed by atoms with Gasteiger partial charge in [0.05, 0.1) is 5.92 Å². The number of hydrogen-bond acceptors (Lipinski definition) is 6. The molecule has 0 radical (unpaired) electrons. The number of nitriles is 1. The molecule has 0 spiro atoms. The molecule has 6 heteroatoms. The van der Waals surface area contributed by atoms with E-state index in [4.69, 9.17) is 19.9 Å². The van der Waals surface area contributed by atoms with Gasteiger partial charge in [0.15, 0.2) is 6.61 Å². The lowest BCUT2D eigenvalue weighted by Gasteiger charge is -2.27. The molecule has 1 aliphatic rings. The van der Waals surface area contributed by atoms with Crippen LogP contribution in [-0.2, 0) is 10.2 Å². The Morgan fingerprint density at radius 2 is 1.74 bits per heavy atom. The van der Waals surface area contributed by atoms with E-state index in [-0.39, 0.29) is 23.8 Å². The van der Waals surface area contributed by atoms with Crippen LogP contribution in [0.3, 0.4) is 0 Å². The van der Waals surface area contributed by atoms with Crippen LogP contribution in [0.25, 0.3) is 0 Å². The molecule has 4 rings (SSSR count). The summed E-state index contributed by atoms with van der Waals surface area (Å²) >= 11 is 0. The molecule has 0 saturated carbocycles. The van der Waals surface area contributed by atoms with Crippen LogP contribution in [-0.4, -0.2) is 12.6 Å². The van der Waals surface area contributed by atoms with E-state index in [1.54, 1.807) is 30.3 Å². The Bertz CT molecular complexity index is 1270. The van der Waals surface area contributed by atoms with Crippen molar-refractivity contribution in [1.82, 2.24) is 0 Å². The van der Waals surface area contributed by atoms with Crippen LogP contribution < -0.4 is 19.9 Å². The van der Waals surface area contributed by atoms with Gasteiger partial charge in [0.1, 0.15) is 28.9 Å². The predicted octanol–water partition coefficient (Wildman–Crippen LogP) is 5.19. The fourth-order valence-electron chi connectivity index (χ4n) is 3.84. The Morgan fingerprint density at radius 1 is 1.03 bits per heavy atom. The minimum Gasteiger partial charge on any atom is -0.482 e. The highest BCUT2D eigenvalue weighted by molar-refractivity contribution is 5.74. The maximum Gasteiger partial charge on any atom is 0.349 e. The molecule has 0 saturated heterocycles. The molecule has 0 fully saturated rings. The van der Waals surface area contributed by atoms with Gasteiger partial charge in [0.25, 0.3) is 0 Å². The van der Waals surface area contributed by atoms with Crippen LogP contribution in [0.4, 0.5) is 0 Å². The molecule has 1 atom stereocenters. The molecule has 34 heavy (non-hydrogen) atoms. The number of hydrogen-bond donors (Lipinski definition) is 1. The maximum absolute atomic E-state index is 12.3. The number of nitrogens with two attached hydrogens (primary N) is 1. The Labute approximate surface area is 199 Å². The zero-order valence-corrected chi connectivity index (χ0v) is 19.4. The number of ether oxygens (including phenoxy) is 3. The second-order valence-corrected chi connectivity index (χ2v) is 9.07. The van der Waals surface area contributed by atoms with Crippen LogP contribution in [0.15, 0.2) is 84.3 Å². The predicted molar refractivity (Wildman–Crippen MR) is 128 cm³/mol. The minimum absolute atomic E-state index is 0.0159. The molecule has 172 valence electrons. The van der Waals surface area contributed by atoms with Gasteiger partial charge in [-0.2, -0.15) is 5.26 Å². The van der Waals surface area contributed by atoms with Gasteiger partial charge >= 0.3 is 5.97 Å². The van der Waals surface area contributed by atoms with Crippen LogP contribution in [0.1, 0.15) is 43.4 Å². The van der Waals surface area contributed by atoms with E-state index in [1.165, 1.54) is 5.56 Å². The Kier molecular flexibility index (Phi) is 6.29. The number of carbonyl (C=O) groups excluding carboxylic acids is 1. The SMILES string of the molecule is CC(C)(C)c1ccc(C2C(C#N)=C(N)Oc3cc(OC(=O)COc4ccccc4)ccc32)cc1. The highest BCUT2D eigenvalue weighted by atomic mass is 16.6. The number of rotatable bonds is 5. The first-order valence-corrected chi connectivity index (χ1v) is 11.0. The summed E-state index contributed by atoms with van der Waals surface area (Å²) in [6, 6.07) is 24.5. The van der Waals surface area contributed by atoms with Gasteiger partial charge in [-0.3, -0.25) is 0 Å². The summed E-state index contributed by atoms with van der Waals surface area (Å²) in [4.78, 5) is 12.3. The van der Waals surface area contributed by atoms with E-state index in [1.807, 2.05) is 30.3 Å². The molecule has 1 unspecified atom stereocenters. The summed E-state index contributed by atoms with van der Waals surface area (Å²) < 4.78 is 16.6. The van der Waals surface area contributed by atoms with Crippen molar-refractivity contribution in [3.8, 4) is 23.3 Å². The lowest BCUT2D eigenvalue weighted by molar-refractivity contribution is -0.136. The highest BCUT2D eigenvalue weighted by Crippen LogP contribution is 2.43. The molecule has 0 bridgehead atoms. The number of allylic oxidation sites excluding steroid dienone is 1. The summed E-state index contributed by atoms with van der Waals surface area (Å²) in [5.74, 6) is 0.432. The maximum atomic E-state index is 12.3. The summed E-state index contributed by atoms with van der Waals surface area (Å²) in [5.41, 5.74) is 9.36. The molecular weight excluding hydrogens is 428 g/mol. The third-order valence-corrected chi connectivity index (χ3v) is 5.63. The smallest absolute Gasteiger partial charge is 0.349 e. The Morgan fingerprint density at radius 3 is 2.38 bits per heavy atom. The first-order valence-electron chi connectivity index (χ1n) is 11.0. The number of para-hydroxylation sites is 1. The van der Waals surface area contributed by atoms with E-state index in [2.05, 4.69) is 39.0 Å². The van der Waals surface area contributed by atoms with Gasteiger partial charge in [-0.1, -0.05) is 69.3 Å². The van der Waals surface area contributed by atoms with Gasteiger partial charge in [0.2, 0.25) is 5.88 Å². The Hall–Kier alpha value is -4.24. The second-order valence-electron chi connectivity index (χ2n) is 9.07. The fourth-order valence-corrected chi connectivity index (χ4v) is 3.84. The molecule has 2 N–H and O–H groups in total. The molecular formula is C28H26N2O4. The van der Waals surface area contributed by atoms with Gasteiger partial charge in [0, 0.05) is 11.6 Å². The Balaban J connectivity index is 1.57. The molecule has 1 aliphatic heterocycles. The summed E-state index contributed by atoms with van der Waals surface area (Å²) in [6.07, 6.45) is 0. The molecule has 0 aromatic heterocycles. The molecule has 1 heterocycles. The van der Waals surface area contributed by atoms with Crippen LogP contribution >= 0.6 is 0 Å². The van der Waals surface area contributed by atoms with Gasteiger partial charge in [-0.15, -0.1) is 0 Å². The quantitative estimate of drug-likeness (QED) is 0.421. The van der Waals surface area contributed by atoms with Crippen molar-refractivity contribution >= 4 is 5.97 Å². The topological polar surface area (TPSA) is 94.6 Å². The lowest BCUT2D eigenvalue weighted by atomic mass is 9.81. The van der Waals surface area contributed by atoms with Crippen LogP contribution in [0.2, 0.25) is 0 Å². The van der Waals surface area contributed by atoms with E-state index in [0.717, 1.165) is 11.1 Å². The second kappa shape index (κ2) is 9.32.